The normalized spacial score (nSPS) is 15.6. The Hall–Kier alpha value is -1.49. The van der Waals surface area contributed by atoms with Crippen molar-refractivity contribution < 1.29 is 4.74 Å². The zero-order valence-corrected chi connectivity index (χ0v) is 8.07. The second-order valence-electron chi connectivity index (χ2n) is 3.74. The van der Waals surface area contributed by atoms with Crippen LogP contribution in [0.3, 0.4) is 0 Å². The lowest BCUT2D eigenvalue weighted by Crippen LogP contribution is -2.19. The quantitative estimate of drug-likeness (QED) is 0.728. The maximum Gasteiger partial charge on any atom is 0.119 e. The molecule has 0 N–H and O–H groups in total. The van der Waals surface area contributed by atoms with Crippen LogP contribution in [0, 0.1) is 17.2 Å². The van der Waals surface area contributed by atoms with Gasteiger partial charge in [-0.3, -0.25) is 0 Å². The van der Waals surface area contributed by atoms with E-state index in [1.165, 1.54) is 19.3 Å². The zero-order chi connectivity index (χ0) is 9.80. The Morgan fingerprint density at radius 3 is 2.50 bits per heavy atom. The zero-order valence-electron chi connectivity index (χ0n) is 8.07. The van der Waals surface area contributed by atoms with E-state index in [2.05, 4.69) is 6.07 Å². The first-order valence-corrected chi connectivity index (χ1v) is 5.01. The SMILES string of the molecule is N#Cc1ccc(OCC2CCC2)cc1. The summed E-state index contributed by atoms with van der Waals surface area (Å²) >= 11 is 0. The van der Waals surface area contributed by atoms with Crippen LogP contribution in [-0.2, 0) is 0 Å². The van der Waals surface area contributed by atoms with E-state index < -0.39 is 0 Å². The van der Waals surface area contributed by atoms with E-state index in [1.54, 1.807) is 12.1 Å². The summed E-state index contributed by atoms with van der Waals surface area (Å²) in [7, 11) is 0. The average molecular weight is 187 g/mol. The molecule has 1 saturated carbocycles. The molecule has 14 heavy (non-hydrogen) atoms. The fourth-order valence-electron chi connectivity index (χ4n) is 1.50. The first kappa shape index (κ1) is 9.08. The molecule has 0 unspecified atom stereocenters. The number of ether oxygens (including phenoxy) is 1. The van der Waals surface area contributed by atoms with Gasteiger partial charge in [-0.1, -0.05) is 6.42 Å². The van der Waals surface area contributed by atoms with E-state index in [-0.39, 0.29) is 0 Å². The average Bonchev–Trinajstić information content (AvgIpc) is 2.16. The van der Waals surface area contributed by atoms with Gasteiger partial charge in [-0.25, -0.2) is 0 Å². The molecule has 1 aromatic carbocycles. The van der Waals surface area contributed by atoms with Crippen LogP contribution >= 0.6 is 0 Å². The Morgan fingerprint density at radius 1 is 1.29 bits per heavy atom. The summed E-state index contributed by atoms with van der Waals surface area (Å²) in [5, 5.41) is 8.60. The Labute approximate surface area is 84.1 Å². The highest BCUT2D eigenvalue weighted by atomic mass is 16.5. The Morgan fingerprint density at radius 2 is 2.00 bits per heavy atom. The maximum atomic E-state index is 8.60. The smallest absolute Gasteiger partial charge is 0.119 e. The van der Waals surface area contributed by atoms with Gasteiger partial charge in [0.1, 0.15) is 5.75 Å². The summed E-state index contributed by atoms with van der Waals surface area (Å²) < 4.78 is 5.60. The number of hydrogen-bond acceptors (Lipinski definition) is 2. The van der Waals surface area contributed by atoms with Crippen molar-refractivity contribution in [3.63, 3.8) is 0 Å². The molecular weight excluding hydrogens is 174 g/mol. The standard InChI is InChI=1S/C12H13NO/c13-8-10-4-6-12(7-5-10)14-9-11-2-1-3-11/h4-7,11H,1-3,9H2. The third-order valence-electron chi connectivity index (χ3n) is 2.69. The molecule has 0 aliphatic heterocycles. The van der Waals surface area contributed by atoms with Crippen LogP contribution in [0.4, 0.5) is 0 Å². The minimum atomic E-state index is 0.681. The molecule has 1 aromatic rings. The number of hydrogen-bond donors (Lipinski definition) is 0. The molecule has 1 aliphatic rings. The molecule has 0 aromatic heterocycles. The van der Waals surface area contributed by atoms with Crippen molar-refractivity contribution in [1.29, 1.82) is 5.26 Å². The molecule has 0 bridgehead atoms. The topological polar surface area (TPSA) is 33.0 Å². The minimum absolute atomic E-state index is 0.681. The predicted octanol–water partition coefficient (Wildman–Crippen LogP) is 2.74. The van der Waals surface area contributed by atoms with E-state index >= 15 is 0 Å². The molecule has 0 spiro atoms. The summed E-state index contributed by atoms with van der Waals surface area (Å²) in [5.74, 6) is 1.63. The van der Waals surface area contributed by atoms with Gasteiger partial charge in [-0.05, 0) is 43.0 Å². The second kappa shape index (κ2) is 4.15. The number of benzene rings is 1. The molecule has 0 heterocycles. The van der Waals surface area contributed by atoms with Crippen LogP contribution in [0.5, 0.6) is 5.75 Å². The molecule has 0 saturated heterocycles. The van der Waals surface area contributed by atoms with Crippen molar-refractivity contribution in [1.82, 2.24) is 0 Å². The van der Waals surface area contributed by atoms with E-state index in [9.17, 15) is 0 Å². The van der Waals surface area contributed by atoms with E-state index in [0.29, 0.717) is 5.56 Å². The van der Waals surface area contributed by atoms with Crippen molar-refractivity contribution in [2.45, 2.75) is 19.3 Å². The van der Waals surface area contributed by atoms with Crippen LogP contribution < -0.4 is 4.74 Å². The Balaban J connectivity index is 1.86. The summed E-state index contributed by atoms with van der Waals surface area (Å²) in [5.41, 5.74) is 0.681. The lowest BCUT2D eigenvalue weighted by atomic mass is 9.86. The third-order valence-corrected chi connectivity index (χ3v) is 2.69. The lowest BCUT2D eigenvalue weighted by molar-refractivity contribution is 0.180. The van der Waals surface area contributed by atoms with Gasteiger partial charge >= 0.3 is 0 Å². The summed E-state index contributed by atoms with van der Waals surface area (Å²) in [4.78, 5) is 0. The summed E-state index contributed by atoms with van der Waals surface area (Å²) in [6, 6.07) is 9.38. The van der Waals surface area contributed by atoms with Crippen molar-refractivity contribution in [3.05, 3.63) is 29.8 Å². The maximum absolute atomic E-state index is 8.60. The molecule has 1 aliphatic carbocycles. The van der Waals surface area contributed by atoms with Crippen molar-refractivity contribution in [2.75, 3.05) is 6.61 Å². The fraction of sp³-hybridized carbons (Fsp3) is 0.417. The van der Waals surface area contributed by atoms with Crippen LogP contribution in [0.25, 0.3) is 0 Å². The summed E-state index contributed by atoms with van der Waals surface area (Å²) in [6.45, 7) is 0.825. The van der Waals surface area contributed by atoms with Gasteiger partial charge in [0.25, 0.3) is 0 Å². The molecule has 2 heteroatoms. The largest absolute Gasteiger partial charge is 0.493 e. The fourth-order valence-corrected chi connectivity index (χ4v) is 1.50. The molecule has 2 nitrogen and oxygen atoms in total. The van der Waals surface area contributed by atoms with Crippen molar-refractivity contribution in [3.8, 4) is 11.8 Å². The van der Waals surface area contributed by atoms with Crippen molar-refractivity contribution >= 4 is 0 Å². The van der Waals surface area contributed by atoms with E-state index in [1.807, 2.05) is 12.1 Å². The third kappa shape index (κ3) is 2.05. The number of nitriles is 1. The first-order chi connectivity index (χ1) is 6.88. The minimum Gasteiger partial charge on any atom is -0.493 e. The lowest BCUT2D eigenvalue weighted by Gasteiger charge is -2.25. The predicted molar refractivity (Wildman–Crippen MR) is 54.0 cm³/mol. The van der Waals surface area contributed by atoms with Gasteiger partial charge < -0.3 is 4.74 Å². The molecule has 1 fully saturated rings. The van der Waals surface area contributed by atoms with Gasteiger partial charge in [-0.15, -0.1) is 0 Å². The summed E-state index contributed by atoms with van der Waals surface area (Å²) in [6.07, 6.45) is 3.95. The van der Waals surface area contributed by atoms with Gasteiger partial charge in [0, 0.05) is 0 Å². The highest BCUT2D eigenvalue weighted by Gasteiger charge is 2.17. The van der Waals surface area contributed by atoms with Gasteiger partial charge in [0.05, 0.1) is 18.2 Å². The monoisotopic (exact) mass is 187 g/mol. The van der Waals surface area contributed by atoms with Gasteiger partial charge in [-0.2, -0.15) is 5.26 Å². The highest BCUT2D eigenvalue weighted by molar-refractivity contribution is 5.34. The molecule has 0 radical (unpaired) electrons. The van der Waals surface area contributed by atoms with Crippen LogP contribution in [0.15, 0.2) is 24.3 Å². The molecule has 2 rings (SSSR count). The number of rotatable bonds is 3. The van der Waals surface area contributed by atoms with Crippen LogP contribution in [0.1, 0.15) is 24.8 Å². The first-order valence-electron chi connectivity index (χ1n) is 5.01. The van der Waals surface area contributed by atoms with Crippen LogP contribution in [-0.4, -0.2) is 6.61 Å². The molecule has 0 amide bonds. The van der Waals surface area contributed by atoms with E-state index in [0.717, 1.165) is 18.3 Å². The van der Waals surface area contributed by atoms with E-state index in [4.69, 9.17) is 10.00 Å². The van der Waals surface area contributed by atoms with Crippen LogP contribution in [0.2, 0.25) is 0 Å². The highest BCUT2D eigenvalue weighted by Crippen LogP contribution is 2.27. The molecular formula is C12H13NO. The Bertz CT molecular complexity index is 332. The molecule has 0 atom stereocenters. The second-order valence-corrected chi connectivity index (χ2v) is 3.74. The van der Waals surface area contributed by atoms with Crippen molar-refractivity contribution in [2.24, 2.45) is 5.92 Å². The van der Waals surface area contributed by atoms with Gasteiger partial charge in [0.15, 0.2) is 0 Å². The molecule has 72 valence electrons. The van der Waals surface area contributed by atoms with Gasteiger partial charge in [0.2, 0.25) is 0 Å². The number of nitrogens with zero attached hydrogens (tertiary/aromatic N) is 1. The Kier molecular flexibility index (Phi) is 2.69.